The molecule has 92 valence electrons. The molecule has 0 radical (unpaired) electrons. The van der Waals surface area contributed by atoms with Gasteiger partial charge in [-0.05, 0) is 25.3 Å². The first kappa shape index (κ1) is 13.1. The van der Waals surface area contributed by atoms with Gasteiger partial charge in [0.1, 0.15) is 0 Å². The molecule has 0 amide bonds. The van der Waals surface area contributed by atoms with Crippen molar-refractivity contribution in [3.63, 3.8) is 0 Å². The quantitative estimate of drug-likeness (QED) is 0.594. The average molecular weight is 244 g/mol. The monoisotopic (exact) mass is 244 g/mol. The first-order valence-electron chi connectivity index (χ1n) is 4.73. The number of allylic oxidation sites excluding steroid dienone is 4. The smallest absolute Gasteiger partial charge is 0.166 e. The van der Waals surface area contributed by atoms with Crippen molar-refractivity contribution in [2.45, 2.75) is 38.5 Å². The van der Waals surface area contributed by atoms with E-state index in [0.29, 0.717) is 0 Å². The minimum atomic E-state index is -4.71. The summed E-state index contributed by atoms with van der Waals surface area (Å²) in [5, 5.41) is 0. The molecule has 0 heterocycles. The Labute approximate surface area is 88.6 Å². The summed E-state index contributed by atoms with van der Waals surface area (Å²) < 4.78 is 74.2. The summed E-state index contributed by atoms with van der Waals surface area (Å²) in [6.07, 6.45) is -9.56. The second-order valence-corrected chi connectivity index (χ2v) is 3.54. The molecule has 0 N–H and O–H groups in total. The summed E-state index contributed by atoms with van der Waals surface area (Å²) in [5.41, 5.74) is -2.19. The Hall–Kier alpha value is -0.940. The number of hydrogen-bond acceptors (Lipinski definition) is 0. The minimum Gasteiger partial charge on any atom is -0.166 e. The Morgan fingerprint density at radius 1 is 1.00 bits per heavy atom. The molecule has 0 aromatic carbocycles. The highest BCUT2D eigenvalue weighted by Crippen LogP contribution is 2.41. The van der Waals surface area contributed by atoms with E-state index in [4.69, 9.17) is 0 Å². The van der Waals surface area contributed by atoms with E-state index < -0.39 is 23.5 Å². The normalized spacial score (nSPS) is 18.8. The van der Waals surface area contributed by atoms with E-state index in [1.807, 2.05) is 0 Å². The predicted octanol–water partition coefficient (Wildman–Crippen LogP) is 4.54. The molecule has 1 aliphatic rings. The standard InChI is InChI=1S/C10H10F6/c1-2-6-3-4-7(9(11,12)13)5-8(6)10(14,15)16/h5H,2-4H2,1H3. The van der Waals surface area contributed by atoms with E-state index in [1.54, 1.807) is 0 Å². The SMILES string of the molecule is CCC1=C(C(F)(F)F)C=C(C(F)(F)F)CC1. The summed E-state index contributed by atoms with van der Waals surface area (Å²) in [4.78, 5) is 0. The Bertz CT molecular complexity index is 328. The van der Waals surface area contributed by atoms with Crippen molar-refractivity contribution in [3.05, 3.63) is 22.8 Å². The fourth-order valence-corrected chi connectivity index (χ4v) is 1.64. The van der Waals surface area contributed by atoms with Gasteiger partial charge in [0.25, 0.3) is 0 Å². The van der Waals surface area contributed by atoms with Crippen molar-refractivity contribution in [2.24, 2.45) is 0 Å². The molecule has 0 saturated heterocycles. The highest BCUT2D eigenvalue weighted by molar-refractivity contribution is 5.38. The zero-order valence-electron chi connectivity index (χ0n) is 8.47. The molecule has 1 aliphatic carbocycles. The third kappa shape index (κ3) is 2.80. The van der Waals surface area contributed by atoms with Crippen molar-refractivity contribution >= 4 is 0 Å². The lowest BCUT2D eigenvalue weighted by atomic mass is 9.90. The molecular formula is C10H10F6. The largest absolute Gasteiger partial charge is 0.416 e. The van der Waals surface area contributed by atoms with Crippen LogP contribution in [-0.2, 0) is 0 Å². The molecule has 0 atom stereocenters. The lowest BCUT2D eigenvalue weighted by Crippen LogP contribution is -2.21. The minimum absolute atomic E-state index is 0.0421. The fourth-order valence-electron chi connectivity index (χ4n) is 1.64. The Morgan fingerprint density at radius 2 is 1.56 bits per heavy atom. The summed E-state index contributed by atoms with van der Waals surface area (Å²) >= 11 is 0. The molecule has 0 saturated carbocycles. The highest BCUT2D eigenvalue weighted by Gasteiger charge is 2.41. The van der Waals surface area contributed by atoms with Gasteiger partial charge in [0.15, 0.2) is 0 Å². The van der Waals surface area contributed by atoms with E-state index in [9.17, 15) is 26.3 Å². The summed E-state index contributed by atoms with van der Waals surface area (Å²) in [6, 6.07) is 0. The molecule has 0 spiro atoms. The third-order valence-electron chi connectivity index (χ3n) is 2.49. The van der Waals surface area contributed by atoms with Crippen LogP contribution in [0.25, 0.3) is 0 Å². The number of rotatable bonds is 1. The van der Waals surface area contributed by atoms with E-state index in [-0.39, 0.29) is 30.9 Å². The second-order valence-electron chi connectivity index (χ2n) is 3.54. The van der Waals surface area contributed by atoms with Gasteiger partial charge in [-0.1, -0.05) is 12.5 Å². The molecule has 0 unspecified atom stereocenters. The van der Waals surface area contributed by atoms with Crippen LogP contribution in [0.2, 0.25) is 0 Å². The van der Waals surface area contributed by atoms with Gasteiger partial charge < -0.3 is 0 Å². The van der Waals surface area contributed by atoms with Gasteiger partial charge in [0, 0.05) is 5.57 Å². The number of alkyl halides is 6. The molecule has 1 rings (SSSR count). The van der Waals surface area contributed by atoms with E-state index >= 15 is 0 Å². The van der Waals surface area contributed by atoms with Crippen LogP contribution in [0.4, 0.5) is 26.3 Å². The van der Waals surface area contributed by atoms with Crippen LogP contribution in [-0.4, -0.2) is 12.4 Å². The van der Waals surface area contributed by atoms with Crippen LogP contribution >= 0.6 is 0 Å². The van der Waals surface area contributed by atoms with E-state index in [1.165, 1.54) is 6.92 Å². The van der Waals surface area contributed by atoms with Crippen LogP contribution in [0.1, 0.15) is 26.2 Å². The first-order chi connectivity index (χ1) is 7.16. The van der Waals surface area contributed by atoms with Crippen LogP contribution in [0, 0.1) is 0 Å². The topological polar surface area (TPSA) is 0 Å². The zero-order valence-corrected chi connectivity index (χ0v) is 8.47. The lowest BCUT2D eigenvalue weighted by Gasteiger charge is -2.22. The molecule has 0 bridgehead atoms. The summed E-state index contributed by atoms with van der Waals surface area (Å²) in [6.45, 7) is 1.51. The Kier molecular flexibility index (Phi) is 3.40. The van der Waals surface area contributed by atoms with E-state index in [0.717, 1.165) is 0 Å². The zero-order chi connectivity index (χ0) is 12.6. The van der Waals surface area contributed by atoms with Crippen molar-refractivity contribution in [3.8, 4) is 0 Å². The van der Waals surface area contributed by atoms with Gasteiger partial charge in [-0.3, -0.25) is 0 Å². The molecule has 6 heteroatoms. The van der Waals surface area contributed by atoms with Gasteiger partial charge in [0.05, 0.1) is 5.57 Å². The second kappa shape index (κ2) is 4.14. The highest BCUT2D eigenvalue weighted by atomic mass is 19.4. The van der Waals surface area contributed by atoms with Gasteiger partial charge in [-0.15, -0.1) is 0 Å². The molecule has 0 aromatic heterocycles. The van der Waals surface area contributed by atoms with Gasteiger partial charge >= 0.3 is 12.4 Å². The van der Waals surface area contributed by atoms with Crippen molar-refractivity contribution in [1.82, 2.24) is 0 Å². The average Bonchev–Trinajstić information content (AvgIpc) is 2.14. The van der Waals surface area contributed by atoms with Crippen LogP contribution in [0.5, 0.6) is 0 Å². The van der Waals surface area contributed by atoms with Gasteiger partial charge in [-0.2, -0.15) is 26.3 Å². The molecule has 0 nitrogen and oxygen atoms in total. The number of hydrogen-bond donors (Lipinski definition) is 0. The van der Waals surface area contributed by atoms with Crippen molar-refractivity contribution < 1.29 is 26.3 Å². The third-order valence-corrected chi connectivity index (χ3v) is 2.49. The Balaban J connectivity index is 3.17. The lowest BCUT2D eigenvalue weighted by molar-refractivity contribution is -0.0992. The summed E-state index contributed by atoms with van der Waals surface area (Å²) in [5.74, 6) is 0. The summed E-state index contributed by atoms with van der Waals surface area (Å²) in [7, 11) is 0. The number of halogens is 6. The maximum absolute atomic E-state index is 12.5. The maximum Gasteiger partial charge on any atom is 0.416 e. The predicted molar refractivity (Wildman–Crippen MR) is 46.7 cm³/mol. The molecule has 0 aliphatic heterocycles. The van der Waals surface area contributed by atoms with Crippen LogP contribution in [0.15, 0.2) is 22.8 Å². The van der Waals surface area contributed by atoms with Crippen molar-refractivity contribution in [1.29, 1.82) is 0 Å². The van der Waals surface area contributed by atoms with E-state index in [2.05, 4.69) is 0 Å². The van der Waals surface area contributed by atoms with Gasteiger partial charge in [0.2, 0.25) is 0 Å². The molecule has 16 heavy (non-hydrogen) atoms. The fraction of sp³-hybridized carbons (Fsp3) is 0.600. The molecule has 0 fully saturated rings. The molecule has 0 aromatic rings. The molecular weight excluding hydrogens is 234 g/mol. The first-order valence-corrected chi connectivity index (χ1v) is 4.73. The van der Waals surface area contributed by atoms with Crippen LogP contribution < -0.4 is 0 Å². The Morgan fingerprint density at radius 3 is 1.94 bits per heavy atom. The van der Waals surface area contributed by atoms with Crippen molar-refractivity contribution in [2.75, 3.05) is 0 Å². The van der Waals surface area contributed by atoms with Gasteiger partial charge in [-0.25, -0.2) is 0 Å². The van der Waals surface area contributed by atoms with Crippen LogP contribution in [0.3, 0.4) is 0 Å². The maximum atomic E-state index is 12.5.